The van der Waals surface area contributed by atoms with E-state index in [0.717, 1.165) is 16.3 Å². The monoisotopic (exact) mass is 240 g/mol. The second-order valence-electron chi connectivity index (χ2n) is 2.99. The van der Waals surface area contributed by atoms with Gasteiger partial charge in [0, 0.05) is 21.7 Å². The van der Waals surface area contributed by atoms with E-state index in [4.69, 9.17) is 5.73 Å². The summed E-state index contributed by atoms with van der Waals surface area (Å²) in [5.74, 6) is 0.447. The van der Waals surface area contributed by atoms with Gasteiger partial charge in [0.15, 0.2) is 0 Å². The van der Waals surface area contributed by atoms with Gasteiger partial charge in [-0.3, -0.25) is 0 Å². The third-order valence-corrected chi connectivity index (χ3v) is 3.41. The number of rotatable bonds is 3. The molecular weight excluding hydrogens is 231 g/mol. The Labute approximate surface area is 95.3 Å². The van der Waals surface area contributed by atoms with Crippen molar-refractivity contribution >= 4 is 28.8 Å². The van der Waals surface area contributed by atoms with E-state index in [9.17, 15) is 4.39 Å². The predicted octanol–water partition coefficient (Wildman–Crippen LogP) is 3.16. The minimum absolute atomic E-state index is 0.296. The molecule has 0 spiro atoms. The highest BCUT2D eigenvalue weighted by Crippen LogP contribution is 2.25. The van der Waals surface area contributed by atoms with Crippen LogP contribution in [0.25, 0.3) is 0 Å². The lowest BCUT2D eigenvalue weighted by Gasteiger charge is -2.01. The second kappa shape index (κ2) is 4.63. The smallest absolute Gasteiger partial charge is 0.126 e. The van der Waals surface area contributed by atoms with E-state index in [1.807, 2.05) is 5.38 Å². The molecule has 2 aromatic rings. The summed E-state index contributed by atoms with van der Waals surface area (Å²) >= 11 is 3.09. The predicted molar refractivity (Wildman–Crippen MR) is 62.5 cm³/mol. The van der Waals surface area contributed by atoms with Gasteiger partial charge in [-0.15, -0.1) is 23.1 Å². The Kier molecular flexibility index (Phi) is 3.23. The van der Waals surface area contributed by atoms with Gasteiger partial charge >= 0.3 is 0 Å². The molecule has 1 heterocycles. The highest BCUT2D eigenvalue weighted by Gasteiger charge is 2.01. The van der Waals surface area contributed by atoms with E-state index in [-0.39, 0.29) is 5.82 Å². The number of aromatic nitrogens is 1. The van der Waals surface area contributed by atoms with Crippen LogP contribution in [0.5, 0.6) is 0 Å². The van der Waals surface area contributed by atoms with Crippen LogP contribution in [0.15, 0.2) is 34.0 Å². The zero-order chi connectivity index (χ0) is 10.7. The SMILES string of the molecule is Nc1cc(F)cc(SCc2cscn2)c1. The summed E-state index contributed by atoms with van der Waals surface area (Å²) in [6, 6.07) is 4.56. The van der Waals surface area contributed by atoms with E-state index in [2.05, 4.69) is 4.98 Å². The summed E-state index contributed by atoms with van der Waals surface area (Å²) in [6.07, 6.45) is 0. The highest BCUT2D eigenvalue weighted by atomic mass is 32.2. The molecule has 2 rings (SSSR count). The van der Waals surface area contributed by atoms with Crippen molar-refractivity contribution in [3.63, 3.8) is 0 Å². The number of hydrogen-bond donors (Lipinski definition) is 1. The number of nitrogens with zero attached hydrogens (tertiary/aromatic N) is 1. The summed E-state index contributed by atoms with van der Waals surface area (Å²) in [5.41, 5.74) is 8.79. The van der Waals surface area contributed by atoms with Crippen molar-refractivity contribution in [2.24, 2.45) is 0 Å². The van der Waals surface area contributed by atoms with Gasteiger partial charge in [-0.2, -0.15) is 0 Å². The Morgan fingerprint density at radius 1 is 1.40 bits per heavy atom. The van der Waals surface area contributed by atoms with Crippen LogP contribution in [0, 0.1) is 5.82 Å². The van der Waals surface area contributed by atoms with Gasteiger partial charge in [-0.25, -0.2) is 9.37 Å². The van der Waals surface area contributed by atoms with Gasteiger partial charge in [0.25, 0.3) is 0 Å². The summed E-state index contributed by atoms with van der Waals surface area (Å²) in [5, 5.41) is 1.98. The fourth-order valence-electron chi connectivity index (χ4n) is 1.13. The van der Waals surface area contributed by atoms with Crippen molar-refractivity contribution in [2.75, 3.05) is 5.73 Å². The van der Waals surface area contributed by atoms with Gasteiger partial charge in [0.1, 0.15) is 5.82 Å². The number of hydrogen-bond acceptors (Lipinski definition) is 4. The van der Waals surface area contributed by atoms with Crippen LogP contribution in [0.2, 0.25) is 0 Å². The Morgan fingerprint density at radius 3 is 2.93 bits per heavy atom. The van der Waals surface area contributed by atoms with Crippen LogP contribution in [-0.4, -0.2) is 4.98 Å². The van der Waals surface area contributed by atoms with Crippen molar-refractivity contribution in [3.05, 3.63) is 40.6 Å². The number of nitrogen functional groups attached to an aromatic ring is 1. The van der Waals surface area contributed by atoms with Crippen molar-refractivity contribution < 1.29 is 4.39 Å². The molecule has 78 valence electrons. The molecule has 5 heteroatoms. The number of halogens is 1. The Hall–Kier alpha value is -1.07. The molecule has 0 saturated heterocycles. The van der Waals surface area contributed by atoms with Gasteiger partial charge in [-0.1, -0.05) is 0 Å². The molecule has 0 unspecified atom stereocenters. The largest absolute Gasteiger partial charge is 0.399 e. The molecule has 1 aromatic heterocycles. The first-order valence-electron chi connectivity index (χ1n) is 4.30. The molecular formula is C10H9FN2S2. The Balaban J connectivity index is 2.05. The van der Waals surface area contributed by atoms with E-state index < -0.39 is 0 Å². The van der Waals surface area contributed by atoms with Crippen molar-refractivity contribution in [3.8, 4) is 0 Å². The summed E-state index contributed by atoms with van der Waals surface area (Å²) in [6.45, 7) is 0. The summed E-state index contributed by atoms with van der Waals surface area (Å²) in [7, 11) is 0. The van der Waals surface area contributed by atoms with Crippen molar-refractivity contribution in [2.45, 2.75) is 10.6 Å². The van der Waals surface area contributed by atoms with Gasteiger partial charge < -0.3 is 5.73 Å². The third-order valence-electron chi connectivity index (χ3n) is 1.76. The Bertz CT molecular complexity index is 422. The molecule has 0 atom stereocenters. The molecule has 0 aliphatic rings. The molecule has 2 N–H and O–H groups in total. The summed E-state index contributed by atoms with van der Waals surface area (Å²) in [4.78, 5) is 4.98. The first-order chi connectivity index (χ1) is 7.24. The molecule has 0 radical (unpaired) electrons. The van der Waals surface area contributed by atoms with E-state index >= 15 is 0 Å². The maximum Gasteiger partial charge on any atom is 0.126 e. The molecule has 0 amide bonds. The quantitative estimate of drug-likeness (QED) is 0.661. The van der Waals surface area contributed by atoms with Gasteiger partial charge in [0.2, 0.25) is 0 Å². The van der Waals surface area contributed by atoms with E-state index in [0.29, 0.717) is 5.69 Å². The first kappa shape index (κ1) is 10.4. The zero-order valence-corrected chi connectivity index (χ0v) is 9.45. The molecule has 0 bridgehead atoms. The molecule has 2 nitrogen and oxygen atoms in total. The first-order valence-corrected chi connectivity index (χ1v) is 6.23. The fourth-order valence-corrected chi connectivity index (χ4v) is 2.69. The second-order valence-corrected chi connectivity index (χ2v) is 4.76. The maximum atomic E-state index is 13.0. The molecule has 1 aromatic carbocycles. The number of benzene rings is 1. The minimum atomic E-state index is -0.296. The molecule has 0 saturated carbocycles. The van der Waals surface area contributed by atoms with Crippen LogP contribution >= 0.6 is 23.1 Å². The van der Waals surface area contributed by atoms with Crippen molar-refractivity contribution in [1.82, 2.24) is 4.98 Å². The summed E-state index contributed by atoms with van der Waals surface area (Å²) < 4.78 is 13.0. The third kappa shape index (κ3) is 2.94. The fraction of sp³-hybridized carbons (Fsp3) is 0.100. The average molecular weight is 240 g/mol. The highest BCUT2D eigenvalue weighted by molar-refractivity contribution is 7.98. The number of nitrogens with two attached hydrogens (primary N) is 1. The molecule has 0 aliphatic carbocycles. The standard InChI is InChI=1S/C10H9FN2S2/c11-7-1-8(12)3-10(2-7)15-5-9-4-14-6-13-9/h1-4,6H,5,12H2. The van der Waals surface area contributed by atoms with Gasteiger partial charge in [-0.05, 0) is 18.2 Å². The lowest BCUT2D eigenvalue weighted by molar-refractivity contribution is 0.625. The van der Waals surface area contributed by atoms with Crippen LogP contribution in [0.1, 0.15) is 5.69 Å². The Morgan fingerprint density at radius 2 is 2.27 bits per heavy atom. The van der Waals surface area contributed by atoms with Gasteiger partial charge in [0.05, 0.1) is 11.2 Å². The van der Waals surface area contributed by atoms with Crippen LogP contribution in [0.3, 0.4) is 0 Å². The van der Waals surface area contributed by atoms with E-state index in [1.165, 1.54) is 23.9 Å². The zero-order valence-electron chi connectivity index (χ0n) is 7.81. The molecule has 0 aliphatic heterocycles. The van der Waals surface area contributed by atoms with Crippen LogP contribution in [0.4, 0.5) is 10.1 Å². The normalized spacial score (nSPS) is 10.5. The number of thiazole rings is 1. The van der Waals surface area contributed by atoms with Crippen LogP contribution in [-0.2, 0) is 5.75 Å². The maximum absolute atomic E-state index is 13.0. The molecule has 0 fully saturated rings. The number of thioether (sulfide) groups is 1. The minimum Gasteiger partial charge on any atom is -0.399 e. The van der Waals surface area contributed by atoms with Crippen molar-refractivity contribution in [1.29, 1.82) is 0 Å². The molecule has 15 heavy (non-hydrogen) atoms. The number of anilines is 1. The van der Waals surface area contributed by atoms with Crippen LogP contribution < -0.4 is 5.73 Å². The lowest BCUT2D eigenvalue weighted by Crippen LogP contribution is -1.87. The van der Waals surface area contributed by atoms with E-state index in [1.54, 1.807) is 22.9 Å². The topological polar surface area (TPSA) is 38.9 Å². The lowest BCUT2D eigenvalue weighted by atomic mass is 10.3. The average Bonchev–Trinajstić information content (AvgIpc) is 2.65.